The maximum Gasteiger partial charge on any atom is 0.0252 e. The van der Waals surface area contributed by atoms with Crippen LogP contribution in [0, 0.1) is 0 Å². The van der Waals surface area contributed by atoms with Crippen LogP contribution in [0.2, 0.25) is 0 Å². The first-order chi connectivity index (χ1) is 6.37. The van der Waals surface area contributed by atoms with Crippen LogP contribution in [0.5, 0.6) is 0 Å². The molecule has 0 aromatic heterocycles. The van der Waals surface area contributed by atoms with Crippen LogP contribution in [0.4, 0.5) is 0 Å². The SMILES string of the molecule is CCC(C)(C)N1CCCNC(C)(C)C1. The second-order valence-electron chi connectivity index (χ2n) is 5.75. The highest BCUT2D eigenvalue weighted by molar-refractivity contribution is 4.90. The molecule has 1 aliphatic heterocycles. The zero-order chi connectivity index (χ0) is 10.8. The quantitative estimate of drug-likeness (QED) is 0.732. The molecule has 1 aliphatic rings. The Labute approximate surface area is 89.1 Å². The number of hydrogen-bond donors (Lipinski definition) is 1. The predicted molar refractivity (Wildman–Crippen MR) is 62.6 cm³/mol. The molecule has 1 saturated heterocycles. The molecule has 84 valence electrons. The summed E-state index contributed by atoms with van der Waals surface area (Å²) < 4.78 is 0. The van der Waals surface area contributed by atoms with Gasteiger partial charge in [-0.1, -0.05) is 6.92 Å². The topological polar surface area (TPSA) is 15.3 Å². The van der Waals surface area contributed by atoms with Crippen molar-refractivity contribution in [1.82, 2.24) is 10.2 Å². The normalized spacial score (nSPS) is 24.6. The van der Waals surface area contributed by atoms with Crippen LogP contribution in [0.1, 0.15) is 47.5 Å². The molecule has 0 unspecified atom stereocenters. The lowest BCUT2D eigenvalue weighted by molar-refractivity contribution is 0.0983. The Kier molecular flexibility index (Phi) is 3.59. The molecule has 1 heterocycles. The summed E-state index contributed by atoms with van der Waals surface area (Å²) in [4.78, 5) is 2.63. The third kappa shape index (κ3) is 2.96. The van der Waals surface area contributed by atoms with E-state index in [0.29, 0.717) is 5.54 Å². The predicted octanol–water partition coefficient (Wildman–Crippen LogP) is 2.25. The van der Waals surface area contributed by atoms with Crippen LogP contribution >= 0.6 is 0 Å². The van der Waals surface area contributed by atoms with Gasteiger partial charge in [-0.2, -0.15) is 0 Å². The van der Waals surface area contributed by atoms with E-state index in [4.69, 9.17) is 0 Å². The molecular formula is C12H26N2. The van der Waals surface area contributed by atoms with Crippen molar-refractivity contribution in [3.05, 3.63) is 0 Å². The summed E-state index contributed by atoms with van der Waals surface area (Å²) in [5, 5.41) is 3.61. The molecule has 14 heavy (non-hydrogen) atoms. The molecule has 0 amide bonds. The molecule has 0 atom stereocenters. The van der Waals surface area contributed by atoms with Crippen LogP contribution < -0.4 is 5.32 Å². The Morgan fingerprint density at radius 2 is 2.00 bits per heavy atom. The van der Waals surface area contributed by atoms with Gasteiger partial charge in [-0.05, 0) is 53.6 Å². The Balaban J connectivity index is 2.69. The average Bonchev–Trinajstić information content (AvgIpc) is 2.26. The molecule has 2 nitrogen and oxygen atoms in total. The van der Waals surface area contributed by atoms with Gasteiger partial charge in [0.15, 0.2) is 0 Å². The van der Waals surface area contributed by atoms with Crippen molar-refractivity contribution in [1.29, 1.82) is 0 Å². The Bertz CT molecular complexity index is 185. The van der Waals surface area contributed by atoms with Gasteiger partial charge in [-0.3, -0.25) is 4.90 Å². The fraction of sp³-hybridized carbons (Fsp3) is 1.00. The van der Waals surface area contributed by atoms with Crippen molar-refractivity contribution in [2.75, 3.05) is 19.6 Å². The van der Waals surface area contributed by atoms with Crippen molar-refractivity contribution >= 4 is 0 Å². The van der Waals surface area contributed by atoms with Gasteiger partial charge in [0, 0.05) is 17.6 Å². The highest BCUT2D eigenvalue weighted by Crippen LogP contribution is 2.23. The fourth-order valence-corrected chi connectivity index (χ4v) is 2.05. The van der Waals surface area contributed by atoms with Gasteiger partial charge in [0.2, 0.25) is 0 Å². The second-order valence-corrected chi connectivity index (χ2v) is 5.75. The van der Waals surface area contributed by atoms with Gasteiger partial charge in [0.05, 0.1) is 0 Å². The minimum atomic E-state index is 0.267. The summed E-state index contributed by atoms with van der Waals surface area (Å²) in [6.45, 7) is 15.1. The second kappa shape index (κ2) is 4.19. The molecule has 1 N–H and O–H groups in total. The van der Waals surface area contributed by atoms with Crippen LogP contribution in [0.15, 0.2) is 0 Å². The van der Waals surface area contributed by atoms with Crippen molar-refractivity contribution in [2.24, 2.45) is 0 Å². The van der Waals surface area contributed by atoms with E-state index in [1.807, 2.05) is 0 Å². The number of nitrogens with zero attached hydrogens (tertiary/aromatic N) is 1. The van der Waals surface area contributed by atoms with E-state index in [-0.39, 0.29) is 5.54 Å². The average molecular weight is 198 g/mol. The molecule has 0 saturated carbocycles. The third-order valence-electron chi connectivity index (χ3n) is 3.52. The van der Waals surface area contributed by atoms with E-state index in [1.54, 1.807) is 0 Å². The summed E-state index contributed by atoms with van der Waals surface area (Å²) in [7, 11) is 0. The van der Waals surface area contributed by atoms with Crippen molar-refractivity contribution in [3.63, 3.8) is 0 Å². The minimum absolute atomic E-state index is 0.267. The Morgan fingerprint density at radius 1 is 1.36 bits per heavy atom. The molecule has 2 heteroatoms. The molecule has 1 rings (SSSR count). The van der Waals surface area contributed by atoms with E-state index in [9.17, 15) is 0 Å². The lowest BCUT2D eigenvalue weighted by Crippen LogP contribution is -2.52. The van der Waals surface area contributed by atoms with Crippen molar-refractivity contribution in [3.8, 4) is 0 Å². The monoisotopic (exact) mass is 198 g/mol. The Morgan fingerprint density at radius 3 is 2.57 bits per heavy atom. The van der Waals surface area contributed by atoms with E-state index >= 15 is 0 Å². The highest BCUT2D eigenvalue weighted by atomic mass is 15.2. The van der Waals surface area contributed by atoms with Crippen LogP contribution in [-0.4, -0.2) is 35.6 Å². The fourth-order valence-electron chi connectivity index (χ4n) is 2.05. The standard InChI is InChI=1S/C12H26N2/c1-6-12(4,5)14-9-7-8-13-11(2,3)10-14/h13H,6-10H2,1-5H3. The summed E-state index contributed by atoms with van der Waals surface area (Å²) in [5.74, 6) is 0. The maximum absolute atomic E-state index is 3.61. The van der Waals surface area contributed by atoms with Crippen LogP contribution in [-0.2, 0) is 0 Å². The van der Waals surface area contributed by atoms with Gasteiger partial charge in [-0.25, -0.2) is 0 Å². The maximum atomic E-state index is 3.61. The van der Waals surface area contributed by atoms with Gasteiger partial charge in [-0.15, -0.1) is 0 Å². The smallest absolute Gasteiger partial charge is 0.0252 e. The molecule has 0 spiro atoms. The summed E-state index contributed by atoms with van der Waals surface area (Å²) in [6, 6.07) is 0. The molecule has 0 aromatic carbocycles. The lowest BCUT2D eigenvalue weighted by Gasteiger charge is -2.41. The Hall–Kier alpha value is -0.0800. The summed E-state index contributed by atoms with van der Waals surface area (Å²) in [5.41, 5.74) is 0.617. The molecule has 0 aromatic rings. The zero-order valence-electron chi connectivity index (χ0n) is 10.5. The van der Waals surface area contributed by atoms with Gasteiger partial charge in [0.25, 0.3) is 0 Å². The highest BCUT2D eigenvalue weighted by Gasteiger charge is 2.31. The summed E-state index contributed by atoms with van der Waals surface area (Å²) >= 11 is 0. The van der Waals surface area contributed by atoms with Gasteiger partial charge in [0.1, 0.15) is 0 Å². The van der Waals surface area contributed by atoms with Crippen molar-refractivity contribution in [2.45, 2.75) is 58.5 Å². The third-order valence-corrected chi connectivity index (χ3v) is 3.52. The van der Waals surface area contributed by atoms with Crippen LogP contribution in [0.3, 0.4) is 0 Å². The number of nitrogens with one attached hydrogen (secondary N) is 1. The van der Waals surface area contributed by atoms with Gasteiger partial charge >= 0.3 is 0 Å². The molecule has 0 aliphatic carbocycles. The first-order valence-electron chi connectivity index (χ1n) is 5.87. The largest absolute Gasteiger partial charge is 0.310 e. The number of rotatable bonds is 2. The number of hydrogen-bond acceptors (Lipinski definition) is 2. The molecular weight excluding hydrogens is 172 g/mol. The molecule has 0 bridgehead atoms. The van der Waals surface area contributed by atoms with E-state index in [2.05, 4.69) is 44.8 Å². The first kappa shape index (κ1) is 12.0. The van der Waals surface area contributed by atoms with E-state index in [1.165, 1.54) is 19.4 Å². The molecule has 1 fully saturated rings. The molecule has 0 radical (unpaired) electrons. The van der Waals surface area contributed by atoms with Crippen LogP contribution in [0.25, 0.3) is 0 Å². The lowest BCUT2D eigenvalue weighted by atomic mass is 9.96. The first-order valence-corrected chi connectivity index (χ1v) is 5.87. The zero-order valence-corrected chi connectivity index (χ0v) is 10.5. The minimum Gasteiger partial charge on any atom is -0.310 e. The van der Waals surface area contributed by atoms with Crippen molar-refractivity contribution < 1.29 is 0 Å². The van der Waals surface area contributed by atoms with E-state index in [0.717, 1.165) is 13.1 Å². The summed E-state index contributed by atoms with van der Waals surface area (Å²) in [6.07, 6.45) is 2.50. The van der Waals surface area contributed by atoms with E-state index < -0.39 is 0 Å². The van der Waals surface area contributed by atoms with Gasteiger partial charge < -0.3 is 5.32 Å².